The Hall–Kier alpha value is -0.160. The number of methoxy groups -OCH3 is 1. The summed E-state index contributed by atoms with van der Waals surface area (Å²) in [5.41, 5.74) is 0.313. The summed E-state index contributed by atoms with van der Waals surface area (Å²) in [6, 6.07) is 0.539. The van der Waals surface area contributed by atoms with Gasteiger partial charge in [-0.15, -0.1) is 0 Å². The van der Waals surface area contributed by atoms with E-state index >= 15 is 0 Å². The molecule has 0 radical (unpaired) electrons. The van der Waals surface area contributed by atoms with Crippen molar-refractivity contribution in [2.24, 2.45) is 5.41 Å². The van der Waals surface area contributed by atoms with Crippen LogP contribution >= 0.6 is 0 Å². The maximum Gasteiger partial charge on any atom is 0.0700 e. The molecule has 1 heterocycles. The predicted molar refractivity (Wildman–Crippen MR) is 77.6 cm³/mol. The average Bonchev–Trinajstić information content (AvgIpc) is 2.42. The summed E-state index contributed by atoms with van der Waals surface area (Å²) in [7, 11) is 1.70. The number of nitrogens with one attached hydrogen (secondary N) is 1. The lowest BCUT2D eigenvalue weighted by Gasteiger charge is -2.38. The molecule has 1 rings (SSSR count). The van der Waals surface area contributed by atoms with Gasteiger partial charge in [-0.3, -0.25) is 0 Å². The fraction of sp³-hybridized carbons (Fsp3) is 1.00. The molecule has 0 saturated carbocycles. The van der Waals surface area contributed by atoms with Crippen LogP contribution in [0.3, 0.4) is 0 Å². The fourth-order valence-electron chi connectivity index (χ4n) is 2.55. The third kappa shape index (κ3) is 7.25. The zero-order valence-corrected chi connectivity index (χ0v) is 12.9. The van der Waals surface area contributed by atoms with E-state index in [2.05, 4.69) is 19.2 Å². The monoisotopic (exact) mass is 273 g/mol. The van der Waals surface area contributed by atoms with Gasteiger partial charge in [0.2, 0.25) is 0 Å². The molecule has 1 aliphatic heterocycles. The SMILES string of the molecule is COCCOCCCC1(CNC(C)C)CCCOC1. The minimum atomic E-state index is 0.313. The highest BCUT2D eigenvalue weighted by Crippen LogP contribution is 2.33. The smallest absolute Gasteiger partial charge is 0.0700 e. The van der Waals surface area contributed by atoms with Crippen molar-refractivity contribution in [1.82, 2.24) is 5.32 Å². The molecule has 0 aromatic rings. The van der Waals surface area contributed by atoms with Crippen molar-refractivity contribution in [3.05, 3.63) is 0 Å². The van der Waals surface area contributed by atoms with Gasteiger partial charge >= 0.3 is 0 Å². The van der Waals surface area contributed by atoms with Gasteiger partial charge in [-0.25, -0.2) is 0 Å². The molecule has 1 saturated heterocycles. The summed E-state index contributed by atoms with van der Waals surface area (Å²) in [5.74, 6) is 0. The number of hydrogen-bond acceptors (Lipinski definition) is 4. The van der Waals surface area contributed by atoms with Gasteiger partial charge in [-0.1, -0.05) is 13.8 Å². The molecule has 0 bridgehead atoms. The first-order chi connectivity index (χ1) is 9.18. The van der Waals surface area contributed by atoms with Crippen LogP contribution in [0.1, 0.15) is 39.5 Å². The molecule has 0 aromatic carbocycles. The Morgan fingerprint density at radius 3 is 2.74 bits per heavy atom. The lowest BCUT2D eigenvalue weighted by Crippen LogP contribution is -2.43. The van der Waals surface area contributed by atoms with Gasteiger partial charge in [0, 0.05) is 38.3 Å². The Labute approximate surface area is 118 Å². The largest absolute Gasteiger partial charge is 0.382 e. The molecule has 1 atom stereocenters. The molecule has 1 fully saturated rings. The second kappa shape index (κ2) is 9.70. The van der Waals surface area contributed by atoms with Crippen molar-refractivity contribution < 1.29 is 14.2 Å². The Kier molecular flexibility index (Phi) is 8.62. The lowest BCUT2D eigenvalue weighted by molar-refractivity contribution is -0.0191. The molecule has 1 aliphatic rings. The first-order valence-corrected chi connectivity index (χ1v) is 7.56. The zero-order valence-electron chi connectivity index (χ0n) is 12.9. The highest BCUT2D eigenvalue weighted by molar-refractivity contribution is 4.84. The summed E-state index contributed by atoms with van der Waals surface area (Å²) in [4.78, 5) is 0. The van der Waals surface area contributed by atoms with Crippen molar-refractivity contribution in [3.8, 4) is 0 Å². The number of hydrogen-bond donors (Lipinski definition) is 1. The molecule has 0 spiro atoms. The summed E-state index contributed by atoms with van der Waals surface area (Å²) in [6.45, 7) is 9.48. The van der Waals surface area contributed by atoms with Gasteiger partial charge in [-0.2, -0.15) is 0 Å². The van der Waals surface area contributed by atoms with E-state index in [-0.39, 0.29) is 0 Å². The molecular formula is C15H31NO3. The summed E-state index contributed by atoms with van der Waals surface area (Å²) < 4.78 is 16.2. The molecule has 4 heteroatoms. The maximum atomic E-state index is 5.71. The number of ether oxygens (including phenoxy) is 3. The Bertz CT molecular complexity index is 215. The molecule has 0 aromatic heterocycles. The van der Waals surface area contributed by atoms with Crippen LogP contribution < -0.4 is 5.32 Å². The molecular weight excluding hydrogens is 242 g/mol. The van der Waals surface area contributed by atoms with Crippen LogP contribution in [0.4, 0.5) is 0 Å². The number of rotatable bonds is 10. The molecule has 1 unspecified atom stereocenters. The first-order valence-electron chi connectivity index (χ1n) is 7.56. The van der Waals surface area contributed by atoms with Crippen LogP contribution in [-0.2, 0) is 14.2 Å². The minimum Gasteiger partial charge on any atom is -0.382 e. The van der Waals surface area contributed by atoms with E-state index in [4.69, 9.17) is 14.2 Å². The minimum absolute atomic E-state index is 0.313. The molecule has 1 N–H and O–H groups in total. The second-order valence-electron chi connectivity index (χ2n) is 5.90. The van der Waals surface area contributed by atoms with Crippen LogP contribution in [-0.4, -0.2) is 52.7 Å². The lowest BCUT2D eigenvalue weighted by atomic mass is 9.78. The normalized spacial score (nSPS) is 24.0. The van der Waals surface area contributed by atoms with Crippen molar-refractivity contribution >= 4 is 0 Å². The van der Waals surface area contributed by atoms with Crippen LogP contribution in [0.15, 0.2) is 0 Å². The van der Waals surface area contributed by atoms with E-state index < -0.39 is 0 Å². The predicted octanol–water partition coefficient (Wildman–Crippen LogP) is 2.22. The Balaban J connectivity index is 2.24. The first kappa shape index (κ1) is 16.9. The van der Waals surface area contributed by atoms with Crippen LogP contribution in [0.25, 0.3) is 0 Å². The van der Waals surface area contributed by atoms with Gasteiger partial charge in [0.15, 0.2) is 0 Å². The van der Waals surface area contributed by atoms with E-state index in [9.17, 15) is 0 Å². The van der Waals surface area contributed by atoms with Crippen molar-refractivity contribution in [2.45, 2.75) is 45.6 Å². The van der Waals surface area contributed by atoms with Crippen LogP contribution in [0.2, 0.25) is 0 Å². The van der Waals surface area contributed by atoms with E-state index in [1.165, 1.54) is 19.3 Å². The molecule has 4 nitrogen and oxygen atoms in total. The quantitative estimate of drug-likeness (QED) is 0.620. The third-order valence-electron chi connectivity index (χ3n) is 3.72. The van der Waals surface area contributed by atoms with Gasteiger partial charge in [0.25, 0.3) is 0 Å². The highest BCUT2D eigenvalue weighted by Gasteiger charge is 2.32. The van der Waals surface area contributed by atoms with E-state index in [0.29, 0.717) is 24.7 Å². The molecule has 0 amide bonds. The van der Waals surface area contributed by atoms with Gasteiger partial charge in [0.1, 0.15) is 0 Å². The van der Waals surface area contributed by atoms with Crippen LogP contribution in [0, 0.1) is 5.41 Å². The van der Waals surface area contributed by atoms with Gasteiger partial charge in [0.05, 0.1) is 19.8 Å². The summed E-state index contributed by atoms with van der Waals surface area (Å²) in [6.07, 6.45) is 4.74. The van der Waals surface area contributed by atoms with Gasteiger partial charge < -0.3 is 19.5 Å². The fourth-order valence-corrected chi connectivity index (χ4v) is 2.55. The van der Waals surface area contributed by atoms with E-state index in [1.54, 1.807) is 7.11 Å². The van der Waals surface area contributed by atoms with Crippen LogP contribution in [0.5, 0.6) is 0 Å². The second-order valence-corrected chi connectivity index (χ2v) is 5.90. The molecule has 19 heavy (non-hydrogen) atoms. The zero-order chi connectivity index (χ0) is 14.0. The Morgan fingerprint density at radius 2 is 2.11 bits per heavy atom. The average molecular weight is 273 g/mol. The summed E-state index contributed by atoms with van der Waals surface area (Å²) >= 11 is 0. The third-order valence-corrected chi connectivity index (χ3v) is 3.72. The summed E-state index contributed by atoms with van der Waals surface area (Å²) in [5, 5.41) is 3.58. The Morgan fingerprint density at radius 1 is 1.26 bits per heavy atom. The van der Waals surface area contributed by atoms with Crippen molar-refractivity contribution in [1.29, 1.82) is 0 Å². The van der Waals surface area contributed by atoms with E-state index in [0.717, 1.165) is 32.8 Å². The standard InChI is InChI=1S/C15H31NO3/c1-14(2)16-12-15(7-5-9-19-13-15)6-4-8-18-11-10-17-3/h14,16H,4-13H2,1-3H3. The van der Waals surface area contributed by atoms with Crippen molar-refractivity contribution in [3.63, 3.8) is 0 Å². The van der Waals surface area contributed by atoms with Crippen molar-refractivity contribution in [2.75, 3.05) is 46.7 Å². The molecule has 0 aliphatic carbocycles. The van der Waals surface area contributed by atoms with Gasteiger partial charge in [-0.05, 0) is 25.7 Å². The topological polar surface area (TPSA) is 39.7 Å². The highest BCUT2D eigenvalue weighted by atomic mass is 16.5. The van der Waals surface area contributed by atoms with E-state index in [1.807, 2.05) is 0 Å². The maximum absolute atomic E-state index is 5.71. The molecule has 114 valence electrons.